The highest BCUT2D eigenvalue weighted by atomic mass is 32.1. The lowest BCUT2D eigenvalue weighted by atomic mass is 9.96. The molecule has 4 N–H and O–H groups in total. The highest BCUT2D eigenvalue weighted by Gasteiger charge is 2.24. The first-order valence-electron chi connectivity index (χ1n) is 18.3. The second-order valence-electron chi connectivity index (χ2n) is 12.2. The number of piperidine rings is 1. The van der Waals surface area contributed by atoms with Gasteiger partial charge < -0.3 is 63.6 Å². The molecule has 15 nitrogen and oxygen atoms in total. The van der Waals surface area contributed by atoms with Crippen molar-refractivity contribution in [3.8, 4) is 0 Å². The van der Waals surface area contributed by atoms with Crippen molar-refractivity contribution in [3.63, 3.8) is 0 Å². The van der Waals surface area contributed by atoms with Crippen LogP contribution in [0.4, 0.5) is 5.82 Å². The van der Waals surface area contributed by atoms with Gasteiger partial charge >= 0.3 is 0 Å². The van der Waals surface area contributed by atoms with Gasteiger partial charge in [-0.15, -0.1) is 11.3 Å². The smallest absolute Gasteiger partial charge is 0.152 e. The first-order valence-corrected chi connectivity index (χ1v) is 19.1. The van der Waals surface area contributed by atoms with Crippen LogP contribution >= 0.6 is 11.3 Å². The highest BCUT2D eigenvalue weighted by Crippen LogP contribution is 2.33. The molecule has 0 unspecified atom stereocenters. The summed E-state index contributed by atoms with van der Waals surface area (Å²) in [6.07, 6.45) is 3.03. The molecule has 1 saturated heterocycles. The number of hydrogen-bond donors (Lipinski definition) is 2. The summed E-state index contributed by atoms with van der Waals surface area (Å²) in [5, 5.41) is 2.08. The van der Waals surface area contributed by atoms with Crippen LogP contribution in [0.15, 0.2) is 11.4 Å². The number of nitrogens with zero attached hydrogens (tertiary/aromatic N) is 4. The number of anilines is 1. The van der Waals surface area contributed by atoms with E-state index >= 15 is 0 Å². The van der Waals surface area contributed by atoms with Crippen LogP contribution in [-0.2, 0) is 55.6 Å². The van der Waals surface area contributed by atoms with Gasteiger partial charge in [0, 0.05) is 33.2 Å². The van der Waals surface area contributed by atoms with Crippen molar-refractivity contribution in [2.45, 2.75) is 25.8 Å². The molecule has 0 spiro atoms. The Labute approximate surface area is 306 Å². The number of methoxy groups -OCH3 is 1. The maximum absolute atomic E-state index is 6.34. The third-order valence-corrected chi connectivity index (χ3v) is 9.40. The molecule has 0 atom stereocenters. The van der Waals surface area contributed by atoms with Gasteiger partial charge in [0.1, 0.15) is 11.3 Å². The van der Waals surface area contributed by atoms with Crippen LogP contribution in [-0.4, -0.2) is 165 Å². The van der Waals surface area contributed by atoms with E-state index in [1.165, 1.54) is 0 Å². The van der Waals surface area contributed by atoms with Crippen LogP contribution in [0, 0.1) is 5.92 Å². The molecule has 0 radical (unpaired) electrons. The van der Waals surface area contributed by atoms with Gasteiger partial charge in [0.05, 0.1) is 128 Å². The number of rotatable bonds is 31. The molecule has 3 aromatic heterocycles. The first kappa shape index (κ1) is 41.7. The maximum atomic E-state index is 6.34. The summed E-state index contributed by atoms with van der Waals surface area (Å²) in [7, 11) is 1.73. The normalized spacial score (nSPS) is 14.5. The summed E-state index contributed by atoms with van der Waals surface area (Å²) in [6.45, 7) is 13.9. The van der Waals surface area contributed by atoms with Crippen molar-refractivity contribution in [2.75, 3.05) is 151 Å². The van der Waals surface area contributed by atoms with E-state index in [1.807, 2.05) is 6.07 Å². The summed E-state index contributed by atoms with van der Waals surface area (Å²) in [5.74, 6) is 2.10. The molecule has 3 aromatic rings. The minimum Gasteiger partial charge on any atom is -0.384 e. The minimum absolute atomic E-state index is 0.500. The van der Waals surface area contributed by atoms with Gasteiger partial charge in [0.15, 0.2) is 5.82 Å². The van der Waals surface area contributed by atoms with Crippen molar-refractivity contribution in [1.29, 1.82) is 0 Å². The van der Waals surface area contributed by atoms with Gasteiger partial charge in [-0.1, -0.05) is 0 Å². The largest absolute Gasteiger partial charge is 0.384 e. The Morgan fingerprint density at radius 2 is 1.22 bits per heavy atom. The molecule has 51 heavy (non-hydrogen) atoms. The van der Waals surface area contributed by atoms with Gasteiger partial charge in [-0.25, -0.2) is 9.97 Å². The third kappa shape index (κ3) is 15.4. The lowest BCUT2D eigenvalue weighted by molar-refractivity contribution is -0.0234. The molecule has 0 aliphatic carbocycles. The molecule has 16 heteroatoms. The van der Waals surface area contributed by atoms with E-state index in [-0.39, 0.29) is 0 Å². The summed E-state index contributed by atoms with van der Waals surface area (Å²) >= 11 is 1.70. The van der Waals surface area contributed by atoms with Gasteiger partial charge in [-0.05, 0) is 43.3 Å². The fourth-order valence-corrected chi connectivity index (χ4v) is 6.69. The van der Waals surface area contributed by atoms with Gasteiger partial charge in [-0.2, -0.15) is 0 Å². The number of pyridine rings is 1. The Balaban J connectivity index is 0.928. The number of thiophene rings is 1. The number of nitrogen functional groups attached to an aromatic ring is 1. The van der Waals surface area contributed by atoms with E-state index in [1.54, 1.807) is 18.4 Å². The topological polar surface area (TPSA) is 169 Å². The van der Waals surface area contributed by atoms with E-state index in [4.69, 9.17) is 59.1 Å². The van der Waals surface area contributed by atoms with Crippen LogP contribution in [0.2, 0.25) is 0 Å². The fraction of sp³-hybridized carbons (Fsp3) is 0.771. The second-order valence-corrected chi connectivity index (χ2v) is 13.1. The summed E-state index contributed by atoms with van der Waals surface area (Å²) < 4.78 is 53.0. The van der Waals surface area contributed by atoms with Crippen molar-refractivity contribution >= 4 is 38.4 Å². The molecule has 290 valence electrons. The summed E-state index contributed by atoms with van der Waals surface area (Å²) in [5.41, 5.74) is 14.6. The lowest BCUT2D eigenvalue weighted by Crippen LogP contribution is -2.37. The van der Waals surface area contributed by atoms with Crippen molar-refractivity contribution in [1.82, 2.24) is 19.4 Å². The molecule has 1 aliphatic rings. The Bertz CT molecular complexity index is 1320. The lowest BCUT2D eigenvalue weighted by Gasteiger charge is -2.32. The van der Waals surface area contributed by atoms with E-state index < -0.39 is 0 Å². The Hall–Kier alpha value is -2.06. The number of likely N-dealkylation sites (tertiary alicyclic amines) is 1. The van der Waals surface area contributed by atoms with E-state index in [0.717, 1.165) is 72.5 Å². The molecule has 0 amide bonds. The molecule has 0 bridgehead atoms. The Morgan fingerprint density at radius 1 is 0.706 bits per heavy atom. The molecule has 0 aromatic carbocycles. The minimum atomic E-state index is 0.500. The van der Waals surface area contributed by atoms with Gasteiger partial charge in [-0.3, -0.25) is 0 Å². The first-order chi connectivity index (χ1) is 25.2. The number of ether oxygens (including phenoxy) is 9. The number of fused-ring (bicyclic) bond motifs is 3. The summed E-state index contributed by atoms with van der Waals surface area (Å²) in [6, 6.07) is 2.03. The Kier molecular flexibility index (Phi) is 21.1. The van der Waals surface area contributed by atoms with E-state index in [2.05, 4.69) is 19.8 Å². The predicted molar refractivity (Wildman–Crippen MR) is 198 cm³/mol. The van der Waals surface area contributed by atoms with Gasteiger partial charge in [0.25, 0.3) is 0 Å². The van der Waals surface area contributed by atoms with Crippen LogP contribution in [0.3, 0.4) is 0 Å². The monoisotopic (exact) mass is 740 g/mol. The van der Waals surface area contributed by atoms with E-state index in [9.17, 15) is 0 Å². The molecular formula is C35H60N6O9S. The zero-order valence-electron chi connectivity index (χ0n) is 30.4. The standard InChI is InChI=1S/C35H60N6O9S/c1-42-10-4-31-39-32-33(34-30(5-27-51-34)38-35(32)37)41(31)28-29-2-7-40(8-3-29)9-12-44-14-16-46-18-20-48-22-24-50-26-25-49-23-21-47-19-17-45-15-13-43-11-6-36/h5,27,29H,2-4,6-26,28,36H2,1H3,(H2,37,38). The van der Waals surface area contributed by atoms with E-state index in [0.29, 0.717) is 131 Å². The third-order valence-electron chi connectivity index (χ3n) is 8.49. The number of aromatic nitrogens is 3. The van der Waals surface area contributed by atoms with Crippen molar-refractivity contribution < 1.29 is 42.6 Å². The number of imidazole rings is 1. The zero-order chi connectivity index (χ0) is 35.8. The highest BCUT2D eigenvalue weighted by molar-refractivity contribution is 7.18. The molecule has 4 rings (SSSR count). The van der Waals surface area contributed by atoms with Crippen LogP contribution in [0.1, 0.15) is 18.7 Å². The average molecular weight is 741 g/mol. The van der Waals surface area contributed by atoms with Crippen LogP contribution in [0.5, 0.6) is 0 Å². The molecule has 1 aliphatic heterocycles. The predicted octanol–water partition coefficient (Wildman–Crippen LogP) is 2.22. The quantitative estimate of drug-likeness (QED) is 0.0922. The molecular weight excluding hydrogens is 680 g/mol. The summed E-state index contributed by atoms with van der Waals surface area (Å²) in [4.78, 5) is 12.0. The zero-order valence-corrected chi connectivity index (χ0v) is 31.3. The average Bonchev–Trinajstić information content (AvgIpc) is 3.76. The SMILES string of the molecule is COCCc1nc2c(N)nc3ccsc3c2n1CC1CCN(CCOCCOCCOCCOCCOCCOCCOCCOCCN)CC1. The van der Waals surface area contributed by atoms with Crippen molar-refractivity contribution in [2.24, 2.45) is 11.7 Å². The second kappa shape index (κ2) is 25.8. The number of nitrogens with two attached hydrogens (primary N) is 2. The molecule has 0 saturated carbocycles. The van der Waals surface area contributed by atoms with Crippen LogP contribution in [0.25, 0.3) is 21.3 Å². The fourth-order valence-electron chi connectivity index (χ4n) is 5.81. The van der Waals surface area contributed by atoms with Crippen LogP contribution < -0.4 is 11.5 Å². The molecule has 1 fully saturated rings. The molecule has 4 heterocycles. The Morgan fingerprint density at radius 3 is 1.73 bits per heavy atom. The maximum Gasteiger partial charge on any atom is 0.152 e. The van der Waals surface area contributed by atoms with Gasteiger partial charge in [0.2, 0.25) is 0 Å². The number of hydrogen-bond acceptors (Lipinski definition) is 15. The van der Waals surface area contributed by atoms with Crippen molar-refractivity contribution in [3.05, 3.63) is 17.3 Å².